The van der Waals surface area contributed by atoms with Gasteiger partial charge in [0.15, 0.2) is 0 Å². The summed E-state index contributed by atoms with van der Waals surface area (Å²) in [4.78, 5) is 31.1. The van der Waals surface area contributed by atoms with Crippen LogP contribution in [0.4, 0.5) is 11.5 Å². The molecule has 0 saturated heterocycles. The lowest BCUT2D eigenvalue weighted by Crippen LogP contribution is -2.20. The number of methoxy groups -OCH3 is 1. The summed E-state index contributed by atoms with van der Waals surface area (Å²) in [6, 6.07) is 13.5. The van der Waals surface area contributed by atoms with Gasteiger partial charge < -0.3 is 20.1 Å². The minimum atomic E-state index is -1.04. The number of fused-ring (bicyclic) bond motifs is 1. The number of hydrogen-bond acceptors (Lipinski definition) is 5. The number of nitrogens with zero attached hydrogens (tertiary/aromatic N) is 2. The van der Waals surface area contributed by atoms with Crippen LogP contribution in [0.1, 0.15) is 40.5 Å². The average molecular weight is 407 g/mol. The molecule has 30 heavy (non-hydrogen) atoms. The van der Waals surface area contributed by atoms with E-state index in [2.05, 4.69) is 17.2 Å². The number of carboxylic acids is 1. The molecule has 7 heteroatoms. The van der Waals surface area contributed by atoms with E-state index in [1.807, 2.05) is 11.9 Å². The first kappa shape index (κ1) is 21.1. The number of ether oxygens (including phenoxy) is 1. The zero-order chi connectivity index (χ0) is 21.7. The van der Waals surface area contributed by atoms with Crippen LogP contribution >= 0.6 is 0 Å². The average Bonchev–Trinajstić information content (AvgIpc) is 2.76. The first-order valence-electron chi connectivity index (χ1n) is 9.78. The summed E-state index contributed by atoms with van der Waals surface area (Å²) in [6.45, 7) is 2.90. The highest BCUT2D eigenvalue weighted by Crippen LogP contribution is 2.27. The van der Waals surface area contributed by atoms with Gasteiger partial charge in [-0.05, 0) is 42.8 Å². The molecule has 1 amide bonds. The molecular formula is C23H25N3O4. The van der Waals surface area contributed by atoms with Gasteiger partial charge in [-0.3, -0.25) is 4.79 Å². The Labute approximate surface area is 175 Å². The lowest BCUT2D eigenvalue weighted by molar-refractivity contribution is 0.0698. The molecule has 0 spiro atoms. The Morgan fingerprint density at radius 2 is 1.90 bits per heavy atom. The van der Waals surface area contributed by atoms with Gasteiger partial charge in [0, 0.05) is 24.7 Å². The molecule has 1 aromatic heterocycles. The quantitative estimate of drug-likeness (QED) is 0.574. The Bertz CT molecular complexity index is 1080. The smallest absolute Gasteiger partial charge is 0.336 e. The van der Waals surface area contributed by atoms with Gasteiger partial charge in [-0.25, -0.2) is 9.78 Å². The van der Waals surface area contributed by atoms with Crippen molar-refractivity contribution >= 4 is 34.3 Å². The van der Waals surface area contributed by atoms with Gasteiger partial charge >= 0.3 is 5.97 Å². The predicted molar refractivity (Wildman–Crippen MR) is 118 cm³/mol. The van der Waals surface area contributed by atoms with Crippen molar-refractivity contribution in [3.05, 3.63) is 59.7 Å². The normalized spacial score (nSPS) is 10.6. The SMILES string of the molecule is CCCCN(C)c1cc(C(=O)O)c2cc(NC(=O)c3ccccc3OC)ccc2n1. The maximum Gasteiger partial charge on any atom is 0.336 e. The zero-order valence-corrected chi connectivity index (χ0v) is 17.3. The Hall–Kier alpha value is -3.61. The van der Waals surface area contributed by atoms with E-state index in [4.69, 9.17) is 4.74 Å². The standard InChI is InChI=1S/C23H25N3O4/c1-4-5-12-26(2)21-14-18(23(28)29)17-13-15(10-11-19(17)25-21)24-22(27)16-8-6-7-9-20(16)30-3/h6-11,13-14H,4-5,12H2,1-3H3,(H,24,27)(H,28,29). The molecule has 0 atom stereocenters. The van der Waals surface area contributed by atoms with Crippen LogP contribution in [0.2, 0.25) is 0 Å². The van der Waals surface area contributed by atoms with Gasteiger partial charge in [0.25, 0.3) is 5.91 Å². The van der Waals surface area contributed by atoms with Crippen molar-refractivity contribution in [3.8, 4) is 5.75 Å². The molecule has 1 heterocycles. The number of hydrogen-bond donors (Lipinski definition) is 2. The minimum absolute atomic E-state index is 0.145. The number of rotatable bonds is 8. The van der Waals surface area contributed by atoms with Crippen molar-refractivity contribution < 1.29 is 19.4 Å². The maximum atomic E-state index is 12.7. The molecule has 3 rings (SSSR count). The molecule has 156 valence electrons. The number of amides is 1. The van der Waals surface area contributed by atoms with Gasteiger partial charge in [0.1, 0.15) is 11.6 Å². The Kier molecular flexibility index (Phi) is 6.51. The summed E-state index contributed by atoms with van der Waals surface area (Å²) in [5.41, 5.74) is 1.58. The largest absolute Gasteiger partial charge is 0.496 e. The van der Waals surface area contributed by atoms with Gasteiger partial charge in [0.05, 0.1) is 23.8 Å². The molecule has 0 aliphatic heterocycles. The summed E-state index contributed by atoms with van der Waals surface area (Å²) in [5, 5.41) is 13.0. The van der Waals surface area contributed by atoms with Crippen molar-refractivity contribution in [2.24, 2.45) is 0 Å². The van der Waals surface area contributed by atoms with Gasteiger partial charge in [0.2, 0.25) is 0 Å². The molecule has 0 saturated carbocycles. The highest BCUT2D eigenvalue weighted by Gasteiger charge is 2.16. The van der Waals surface area contributed by atoms with Crippen molar-refractivity contribution in [2.45, 2.75) is 19.8 Å². The van der Waals surface area contributed by atoms with Crippen LogP contribution in [-0.4, -0.2) is 42.7 Å². The van der Waals surface area contributed by atoms with E-state index in [0.717, 1.165) is 19.4 Å². The number of carboxylic acid groups (broad SMARTS) is 1. The predicted octanol–water partition coefficient (Wildman–Crippen LogP) is 4.43. The van der Waals surface area contributed by atoms with Gasteiger partial charge in [-0.2, -0.15) is 0 Å². The summed E-state index contributed by atoms with van der Waals surface area (Å²) < 4.78 is 5.24. The van der Waals surface area contributed by atoms with E-state index in [0.29, 0.717) is 33.7 Å². The second-order valence-electron chi connectivity index (χ2n) is 6.99. The zero-order valence-electron chi connectivity index (χ0n) is 17.3. The number of benzene rings is 2. The molecule has 0 aliphatic rings. The number of anilines is 2. The maximum absolute atomic E-state index is 12.7. The van der Waals surface area contributed by atoms with E-state index >= 15 is 0 Å². The van der Waals surface area contributed by atoms with Crippen LogP contribution < -0.4 is 15.0 Å². The molecule has 0 aliphatic carbocycles. The number of para-hydroxylation sites is 1. The number of carbonyl (C=O) groups excluding carboxylic acids is 1. The molecule has 2 N–H and O–H groups in total. The molecule has 0 radical (unpaired) electrons. The topological polar surface area (TPSA) is 91.8 Å². The lowest BCUT2D eigenvalue weighted by atomic mass is 10.1. The number of nitrogens with one attached hydrogen (secondary N) is 1. The fourth-order valence-corrected chi connectivity index (χ4v) is 3.20. The molecule has 7 nitrogen and oxygen atoms in total. The number of carbonyl (C=O) groups is 2. The third kappa shape index (κ3) is 4.51. The van der Waals surface area contributed by atoms with Crippen LogP contribution in [0.5, 0.6) is 5.75 Å². The number of pyridine rings is 1. The number of aromatic nitrogens is 1. The second-order valence-corrected chi connectivity index (χ2v) is 6.99. The first-order valence-corrected chi connectivity index (χ1v) is 9.78. The summed E-state index contributed by atoms with van der Waals surface area (Å²) in [6.07, 6.45) is 2.03. The van der Waals surface area contributed by atoms with E-state index in [1.165, 1.54) is 7.11 Å². The molecular weight excluding hydrogens is 382 g/mol. The molecule has 3 aromatic rings. The van der Waals surface area contributed by atoms with Gasteiger partial charge in [-0.15, -0.1) is 0 Å². The Morgan fingerprint density at radius 3 is 2.60 bits per heavy atom. The number of aromatic carboxylic acids is 1. The molecule has 0 fully saturated rings. The summed E-state index contributed by atoms with van der Waals surface area (Å²) in [5.74, 6) is -0.309. The molecule has 2 aromatic carbocycles. The van der Waals surface area contributed by atoms with Crippen LogP contribution in [0.15, 0.2) is 48.5 Å². The third-order valence-corrected chi connectivity index (χ3v) is 4.87. The van der Waals surface area contributed by atoms with Gasteiger partial charge in [-0.1, -0.05) is 25.5 Å². The van der Waals surface area contributed by atoms with E-state index in [1.54, 1.807) is 48.5 Å². The van der Waals surface area contributed by atoms with Crippen molar-refractivity contribution in [2.75, 3.05) is 30.9 Å². The van der Waals surface area contributed by atoms with E-state index < -0.39 is 5.97 Å². The Morgan fingerprint density at radius 1 is 1.13 bits per heavy atom. The van der Waals surface area contributed by atoms with Crippen LogP contribution in [0, 0.1) is 0 Å². The third-order valence-electron chi connectivity index (χ3n) is 4.87. The van der Waals surface area contributed by atoms with Crippen LogP contribution in [0.25, 0.3) is 10.9 Å². The van der Waals surface area contributed by atoms with E-state index in [9.17, 15) is 14.7 Å². The highest BCUT2D eigenvalue weighted by atomic mass is 16.5. The van der Waals surface area contributed by atoms with Crippen molar-refractivity contribution in [3.63, 3.8) is 0 Å². The summed E-state index contributed by atoms with van der Waals surface area (Å²) in [7, 11) is 3.40. The molecule has 0 bridgehead atoms. The van der Waals surface area contributed by atoms with Crippen LogP contribution in [-0.2, 0) is 0 Å². The van der Waals surface area contributed by atoms with Crippen molar-refractivity contribution in [1.82, 2.24) is 4.98 Å². The van der Waals surface area contributed by atoms with E-state index in [-0.39, 0.29) is 11.5 Å². The van der Waals surface area contributed by atoms with Crippen LogP contribution in [0.3, 0.4) is 0 Å². The fraction of sp³-hybridized carbons (Fsp3) is 0.261. The lowest BCUT2D eigenvalue weighted by Gasteiger charge is -2.19. The number of unbranched alkanes of at least 4 members (excludes halogenated alkanes) is 1. The monoisotopic (exact) mass is 407 g/mol. The summed E-state index contributed by atoms with van der Waals surface area (Å²) >= 11 is 0. The fourth-order valence-electron chi connectivity index (χ4n) is 3.20. The molecule has 0 unspecified atom stereocenters. The second kappa shape index (κ2) is 9.26. The highest BCUT2D eigenvalue weighted by molar-refractivity contribution is 6.09. The van der Waals surface area contributed by atoms with Crippen molar-refractivity contribution in [1.29, 1.82) is 0 Å². The first-order chi connectivity index (χ1) is 14.4. The minimum Gasteiger partial charge on any atom is -0.496 e. The Balaban J connectivity index is 1.96.